The molecule has 0 fully saturated rings. The fourth-order valence-electron chi connectivity index (χ4n) is 1.67. The van der Waals surface area contributed by atoms with Gasteiger partial charge in [0.05, 0.1) is 11.6 Å². The Morgan fingerprint density at radius 3 is 2.67 bits per heavy atom. The first kappa shape index (κ1) is 12.3. The number of carbonyl (C=O) groups is 1. The maximum Gasteiger partial charge on any atom is 0.355 e. The largest absolute Gasteiger partial charge is 0.476 e. The molecule has 0 saturated heterocycles. The number of hydrogen-bond acceptors (Lipinski definition) is 4. The molecule has 0 aliphatic carbocycles. The summed E-state index contributed by atoms with van der Waals surface area (Å²) >= 11 is 1.20. The van der Waals surface area contributed by atoms with Crippen LogP contribution in [-0.4, -0.2) is 15.4 Å². The molecule has 0 aliphatic heterocycles. The number of nitrogens with zero attached hydrogens (tertiary/aromatic N) is 2. The van der Waals surface area contributed by atoms with Crippen molar-refractivity contribution in [2.75, 3.05) is 0 Å². The quantitative estimate of drug-likeness (QED) is 0.918. The number of carboxylic acid groups (broad SMARTS) is 1. The van der Waals surface area contributed by atoms with Crippen LogP contribution in [0.1, 0.15) is 32.1 Å². The molecule has 0 amide bonds. The molecular weight excluding hydrogens is 248 g/mol. The summed E-state index contributed by atoms with van der Waals surface area (Å²) in [6, 6.07) is 9.17. The second kappa shape index (κ2) is 4.98. The van der Waals surface area contributed by atoms with Crippen molar-refractivity contribution in [2.45, 2.75) is 13.3 Å². The van der Waals surface area contributed by atoms with Gasteiger partial charge in [-0.3, -0.25) is 0 Å². The first-order chi connectivity index (χ1) is 8.61. The van der Waals surface area contributed by atoms with E-state index in [0.717, 1.165) is 16.0 Å². The zero-order chi connectivity index (χ0) is 13.1. The zero-order valence-electron chi connectivity index (χ0n) is 9.67. The van der Waals surface area contributed by atoms with Gasteiger partial charge in [-0.05, 0) is 36.2 Å². The van der Waals surface area contributed by atoms with Crippen LogP contribution in [0.5, 0.6) is 0 Å². The highest BCUT2D eigenvalue weighted by Gasteiger charge is 2.16. The summed E-state index contributed by atoms with van der Waals surface area (Å²) in [6.07, 6.45) is 0.523. The number of hydrogen-bond donors (Lipinski definition) is 1. The molecule has 0 atom stereocenters. The fourth-order valence-corrected chi connectivity index (χ4v) is 2.36. The number of aryl methyl sites for hydroxylation is 1. The number of carboxylic acids is 1. The van der Waals surface area contributed by atoms with Crippen molar-refractivity contribution in [3.63, 3.8) is 0 Å². The SMILES string of the molecule is Cc1snc(C(=O)O)c1Cc1ccc(C#N)cc1. The first-order valence-corrected chi connectivity index (χ1v) is 6.06. The van der Waals surface area contributed by atoms with Crippen molar-refractivity contribution >= 4 is 17.5 Å². The van der Waals surface area contributed by atoms with Gasteiger partial charge in [0.15, 0.2) is 5.69 Å². The van der Waals surface area contributed by atoms with Crippen LogP contribution < -0.4 is 0 Å². The van der Waals surface area contributed by atoms with E-state index in [0.29, 0.717) is 12.0 Å². The van der Waals surface area contributed by atoms with E-state index in [-0.39, 0.29) is 5.69 Å². The summed E-state index contributed by atoms with van der Waals surface area (Å²) < 4.78 is 3.93. The van der Waals surface area contributed by atoms with E-state index >= 15 is 0 Å². The van der Waals surface area contributed by atoms with E-state index in [4.69, 9.17) is 10.4 Å². The summed E-state index contributed by atoms with van der Waals surface area (Å²) in [4.78, 5) is 11.9. The second-order valence-corrected chi connectivity index (χ2v) is 4.83. The monoisotopic (exact) mass is 258 g/mol. The van der Waals surface area contributed by atoms with Gasteiger partial charge < -0.3 is 5.11 Å². The van der Waals surface area contributed by atoms with Crippen molar-refractivity contribution in [2.24, 2.45) is 0 Å². The lowest BCUT2D eigenvalue weighted by molar-refractivity contribution is 0.0690. The van der Waals surface area contributed by atoms with E-state index in [9.17, 15) is 4.79 Å². The third kappa shape index (κ3) is 2.39. The van der Waals surface area contributed by atoms with Gasteiger partial charge in [-0.1, -0.05) is 12.1 Å². The Hall–Kier alpha value is -2.19. The zero-order valence-corrected chi connectivity index (χ0v) is 10.5. The molecule has 0 radical (unpaired) electrons. The molecule has 0 aliphatic rings. The van der Waals surface area contributed by atoms with E-state index in [2.05, 4.69) is 4.37 Å². The molecule has 4 nitrogen and oxygen atoms in total. The molecule has 0 saturated carbocycles. The topological polar surface area (TPSA) is 74.0 Å². The lowest BCUT2D eigenvalue weighted by Gasteiger charge is -2.02. The summed E-state index contributed by atoms with van der Waals surface area (Å²) in [5.41, 5.74) is 2.44. The van der Waals surface area contributed by atoms with Crippen LogP contribution >= 0.6 is 11.5 Å². The Morgan fingerprint density at radius 1 is 1.44 bits per heavy atom. The Labute approximate surface area is 108 Å². The molecule has 2 aromatic rings. The van der Waals surface area contributed by atoms with Gasteiger partial charge in [0, 0.05) is 16.9 Å². The van der Waals surface area contributed by atoms with Crippen LogP contribution in [0.15, 0.2) is 24.3 Å². The van der Waals surface area contributed by atoms with E-state index in [1.54, 1.807) is 12.1 Å². The molecular formula is C13H10N2O2S. The van der Waals surface area contributed by atoms with Gasteiger partial charge >= 0.3 is 5.97 Å². The van der Waals surface area contributed by atoms with Crippen molar-refractivity contribution in [3.8, 4) is 6.07 Å². The van der Waals surface area contributed by atoms with Crippen molar-refractivity contribution < 1.29 is 9.90 Å². The lowest BCUT2D eigenvalue weighted by atomic mass is 10.0. The first-order valence-electron chi connectivity index (χ1n) is 5.29. The molecule has 90 valence electrons. The maximum absolute atomic E-state index is 11.0. The van der Waals surface area contributed by atoms with Gasteiger partial charge in [-0.2, -0.15) is 9.64 Å². The van der Waals surface area contributed by atoms with E-state index in [1.165, 1.54) is 11.5 Å². The Balaban J connectivity index is 2.31. The molecule has 0 bridgehead atoms. The minimum atomic E-state index is -0.997. The lowest BCUT2D eigenvalue weighted by Crippen LogP contribution is -2.02. The predicted molar refractivity (Wildman–Crippen MR) is 67.8 cm³/mol. The number of nitriles is 1. The smallest absolute Gasteiger partial charge is 0.355 e. The van der Waals surface area contributed by atoms with E-state index in [1.807, 2.05) is 25.1 Å². The fraction of sp³-hybridized carbons (Fsp3) is 0.154. The molecule has 5 heteroatoms. The summed E-state index contributed by atoms with van der Waals surface area (Å²) in [5, 5.41) is 17.8. The number of aromatic carboxylic acids is 1. The molecule has 0 spiro atoms. The normalized spacial score (nSPS) is 10.0. The molecule has 2 rings (SSSR count). The molecule has 0 unspecified atom stereocenters. The Kier molecular flexibility index (Phi) is 3.40. The van der Waals surface area contributed by atoms with E-state index < -0.39 is 5.97 Å². The van der Waals surface area contributed by atoms with Crippen LogP contribution in [0.3, 0.4) is 0 Å². The number of benzene rings is 1. The number of aromatic nitrogens is 1. The Bertz CT molecular complexity index is 623. The van der Waals surface area contributed by atoms with Gasteiger partial charge in [-0.15, -0.1) is 0 Å². The van der Waals surface area contributed by atoms with Crippen LogP contribution in [0.2, 0.25) is 0 Å². The second-order valence-electron chi connectivity index (χ2n) is 3.86. The van der Waals surface area contributed by atoms with Gasteiger partial charge in [0.1, 0.15) is 0 Å². The van der Waals surface area contributed by atoms with Crippen LogP contribution in [0.25, 0.3) is 0 Å². The van der Waals surface area contributed by atoms with Gasteiger partial charge in [0.2, 0.25) is 0 Å². The summed E-state index contributed by atoms with van der Waals surface area (Å²) in [5.74, 6) is -0.997. The minimum Gasteiger partial charge on any atom is -0.476 e. The van der Waals surface area contributed by atoms with Crippen molar-refractivity contribution in [1.29, 1.82) is 5.26 Å². The van der Waals surface area contributed by atoms with Crippen LogP contribution in [0.4, 0.5) is 0 Å². The average Bonchev–Trinajstić information content (AvgIpc) is 2.72. The molecule has 1 aromatic heterocycles. The standard InChI is InChI=1S/C13H10N2O2S/c1-8-11(12(13(16)17)15-18-8)6-9-2-4-10(7-14)5-3-9/h2-5H,6H2,1H3,(H,16,17). The highest BCUT2D eigenvalue weighted by Crippen LogP contribution is 2.21. The summed E-state index contributed by atoms with van der Waals surface area (Å²) in [7, 11) is 0. The highest BCUT2D eigenvalue weighted by atomic mass is 32.1. The molecule has 1 N–H and O–H groups in total. The van der Waals surface area contributed by atoms with Gasteiger partial charge in [0.25, 0.3) is 0 Å². The average molecular weight is 258 g/mol. The minimum absolute atomic E-state index is 0.127. The van der Waals surface area contributed by atoms with Crippen LogP contribution in [0, 0.1) is 18.3 Å². The molecule has 1 aromatic carbocycles. The summed E-state index contributed by atoms with van der Waals surface area (Å²) in [6.45, 7) is 1.86. The van der Waals surface area contributed by atoms with Crippen LogP contribution in [-0.2, 0) is 6.42 Å². The van der Waals surface area contributed by atoms with Gasteiger partial charge in [-0.25, -0.2) is 4.79 Å². The highest BCUT2D eigenvalue weighted by molar-refractivity contribution is 7.06. The molecule has 18 heavy (non-hydrogen) atoms. The van der Waals surface area contributed by atoms with Crippen molar-refractivity contribution in [1.82, 2.24) is 4.37 Å². The predicted octanol–water partition coefficient (Wildman–Crippen LogP) is 2.61. The number of rotatable bonds is 3. The molecule has 1 heterocycles. The van der Waals surface area contributed by atoms with Crippen molar-refractivity contribution in [3.05, 3.63) is 51.5 Å². The Morgan fingerprint density at radius 2 is 2.11 bits per heavy atom. The third-order valence-electron chi connectivity index (χ3n) is 2.65. The third-order valence-corrected chi connectivity index (χ3v) is 3.45. The maximum atomic E-state index is 11.0.